The van der Waals surface area contributed by atoms with Gasteiger partial charge in [-0.3, -0.25) is 5.73 Å². The number of anilines is 1. The van der Waals surface area contributed by atoms with Crippen molar-refractivity contribution < 1.29 is 22.0 Å². The molecular weight excluding hydrogens is 381 g/mol. The van der Waals surface area contributed by atoms with E-state index in [2.05, 4.69) is 9.97 Å². The lowest BCUT2D eigenvalue weighted by atomic mass is 10.1. The molecule has 2 aromatic rings. The topological polar surface area (TPSA) is 81.7 Å². The molecule has 5 nitrogen and oxygen atoms in total. The molecule has 142 valence electrons. The number of nitrogens with one attached hydrogen (secondary N) is 1. The zero-order valence-electron chi connectivity index (χ0n) is 13.6. The molecule has 1 saturated heterocycles. The number of nitrogens with two attached hydrogens (primary N) is 1. The Kier molecular flexibility index (Phi) is 5.93. The molecule has 0 unspecified atom stereocenters. The van der Waals surface area contributed by atoms with Crippen LogP contribution in [-0.2, 0) is 6.05 Å². The van der Waals surface area contributed by atoms with Crippen LogP contribution in [0.5, 0.6) is 0 Å². The van der Waals surface area contributed by atoms with Gasteiger partial charge in [0.05, 0.1) is 16.2 Å². The Balaban J connectivity index is 0.000000552. The number of nitriles is 1. The van der Waals surface area contributed by atoms with Crippen molar-refractivity contribution in [2.24, 2.45) is 5.73 Å². The van der Waals surface area contributed by atoms with E-state index in [1.165, 1.54) is 0 Å². The summed E-state index contributed by atoms with van der Waals surface area (Å²) in [4.78, 5) is 8.84. The van der Waals surface area contributed by atoms with Gasteiger partial charge in [0.2, 0.25) is 0 Å². The SMILES string of the molecule is Cc1[nH]c2c(N3CCCC3)c(C#N)c(C(N)(F)F)nc2c1Cl.FC(F)F. The quantitative estimate of drug-likeness (QED) is 0.590. The van der Waals surface area contributed by atoms with E-state index in [0.717, 1.165) is 12.8 Å². The Labute approximate surface area is 150 Å². The number of halogens is 6. The molecule has 0 atom stereocenters. The summed E-state index contributed by atoms with van der Waals surface area (Å²) in [6.45, 7) is -0.553. The first-order valence-corrected chi connectivity index (χ1v) is 7.92. The van der Waals surface area contributed by atoms with Gasteiger partial charge in [-0.2, -0.15) is 27.2 Å². The van der Waals surface area contributed by atoms with Crippen LogP contribution in [0.15, 0.2) is 0 Å². The first-order chi connectivity index (χ1) is 12.1. The summed E-state index contributed by atoms with van der Waals surface area (Å²) < 4.78 is 56.5. The number of hydrogen-bond acceptors (Lipinski definition) is 4. The molecule has 3 N–H and O–H groups in total. The average Bonchev–Trinajstić information content (AvgIpc) is 3.14. The third-order valence-electron chi connectivity index (χ3n) is 3.87. The number of aryl methyl sites for hydroxylation is 1. The van der Waals surface area contributed by atoms with Gasteiger partial charge < -0.3 is 9.88 Å². The van der Waals surface area contributed by atoms with Crippen LogP contribution in [-0.4, -0.2) is 29.7 Å². The lowest BCUT2D eigenvalue weighted by Crippen LogP contribution is -2.30. The average molecular weight is 396 g/mol. The van der Waals surface area contributed by atoms with Gasteiger partial charge in [0.15, 0.2) is 0 Å². The van der Waals surface area contributed by atoms with Gasteiger partial charge in [-0.25, -0.2) is 4.98 Å². The fraction of sp³-hybridized carbons (Fsp3) is 0.467. The molecule has 2 aromatic heterocycles. The molecule has 0 spiro atoms. The Morgan fingerprint density at radius 3 is 2.31 bits per heavy atom. The normalized spacial score (nSPS) is 14.5. The molecule has 26 heavy (non-hydrogen) atoms. The van der Waals surface area contributed by atoms with Crippen LogP contribution in [0.3, 0.4) is 0 Å². The minimum absolute atomic E-state index is 0.195. The zero-order chi connectivity index (χ0) is 19.6. The second-order valence-electron chi connectivity index (χ2n) is 5.65. The number of pyridine rings is 1. The Bertz CT molecular complexity index is 831. The Morgan fingerprint density at radius 2 is 1.85 bits per heavy atom. The van der Waals surface area contributed by atoms with Crippen molar-refractivity contribution >= 4 is 28.3 Å². The van der Waals surface area contributed by atoms with Crippen LogP contribution in [0.2, 0.25) is 5.02 Å². The Hall–Kier alpha value is -2.12. The number of hydrogen-bond donors (Lipinski definition) is 2. The third kappa shape index (κ3) is 3.99. The number of aromatic amines is 1. The minimum atomic E-state index is -3.71. The maximum atomic E-state index is 13.7. The molecule has 3 rings (SSSR count). The zero-order valence-corrected chi connectivity index (χ0v) is 14.3. The number of alkyl halides is 5. The fourth-order valence-electron chi connectivity index (χ4n) is 2.87. The van der Waals surface area contributed by atoms with Crippen molar-refractivity contribution in [1.82, 2.24) is 9.97 Å². The van der Waals surface area contributed by atoms with E-state index in [0.29, 0.717) is 30.0 Å². The molecule has 0 amide bonds. The summed E-state index contributed by atoms with van der Waals surface area (Å²) in [6.07, 6.45) is 1.88. The summed E-state index contributed by atoms with van der Waals surface area (Å²) in [5.74, 6) is 0. The fourth-order valence-corrected chi connectivity index (χ4v) is 3.06. The summed E-state index contributed by atoms with van der Waals surface area (Å²) in [7, 11) is 0. The van der Waals surface area contributed by atoms with Crippen LogP contribution in [0.25, 0.3) is 11.0 Å². The highest BCUT2D eigenvalue weighted by Gasteiger charge is 2.36. The molecule has 0 radical (unpaired) electrons. The summed E-state index contributed by atoms with van der Waals surface area (Å²) in [5, 5.41) is 9.67. The molecular formula is C15H15ClF5N5. The van der Waals surface area contributed by atoms with Crippen molar-refractivity contribution in [2.75, 3.05) is 18.0 Å². The standard InChI is InChI=1S/C14H14ClF2N5.CHF3/c1-7-9(15)10-11(20-7)12(22-4-2-3-5-22)8(6-18)13(21-10)14(16,17)19;2-1(3)4/h20H,2-5,19H2,1H3;1H. The van der Waals surface area contributed by atoms with Crippen molar-refractivity contribution in [3.05, 3.63) is 22.0 Å². The molecule has 0 bridgehead atoms. The summed E-state index contributed by atoms with van der Waals surface area (Å²) in [5.41, 5.74) is 5.77. The highest BCUT2D eigenvalue weighted by atomic mass is 35.5. The maximum absolute atomic E-state index is 13.7. The van der Waals surface area contributed by atoms with Crippen molar-refractivity contribution in [2.45, 2.75) is 32.5 Å². The second-order valence-corrected chi connectivity index (χ2v) is 6.03. The van der Waals surface area contributed by atoms with Gasteiger partial charge in [0.25, 0.3) is 0 Å². The van der Waals surface area contributed by atoms with E-state index in [-0.39, 0.29) is 16.1 Å². The molecule has 0 aliphatic carbocycles. The highest BCUT2D eigenvalue weighted by molar-refractivity contribution is 6.36. The van der Waals surface area contributed by atoms with E-state index in [4.69, 9.17) is 17.3 Å². The second kappa shape index (κ2) is 7.63. The van der Waals surface area contributed by atoms with Crippen molar-refractivity contribution in [3.8, 4) is 6.07 Å². The van der Waals surface area contributed by atoms with Crippen LogP contribution >= 0.6 is 11.6 Å². The third-order valence-corrected chi connectivity index (χ3v) is 4.33. The molecule has 1 fully saturated rings. The first-order valence-electron chi connectivity index (χ1n) is 7.54. The molecule has 3 heterocycles. The van der Waals surface area contributed by atoms with E-state index >= 15 is 0 Å². The molecule has 0 saturated carbocycles. The number of aromatic nitrogens is 2. The largest absolute Gasteiger partial charge is 0.379 e. The van der Waals surface area contributed by atoms with Crippen LogP contribution in [0.4, 0.5) is 27.6 Å². The van der Waals surface area contributed by atoms with Gasteiger partial charge >= 0.3 is 12.7 Å². The first kappa shape index (κ1) is 20.2. The highest BCUT2D eigenvalue weighted by Crippen LogP contribution is 2.40. The van der Waals surface area contributed by atoms with Crippen molar-refractivity contribution in [1.29, 1.82) is 5.26 Å². The number of H-pyrrole nitrogens is 1. The Morgan fingerprint density at radius 1 is 1.31 bits per heavy atom. The van der Waals surface area contributed by atoms with Gasteiger partial charge in [0, 0.05) is 18.8 Å². The predicted molar refractivity (Wildman–Crippen MR) is 87.2 cm³/mol. The molecule has 1 aliphatic heterocycles. The van der Waals surface area contributed by atoms with Crippen molar-refractivity contribution in [3.63, 3.8) is 0 Å². The predicted octanol–water partition coefficient (Wildman–Crippen LogP) is 4.18. The molecule has 1 aliphatic rings. The van der Waals surface area contributed by atoms with Gasteiger partial charge in [-0.05, 0) is 19.8 Å². The van der Waals surface area contributed by atoms with E-state index in [1.807, 2.05) is 11.0 Å². The molecule has 11 heteroatoms. The summed E-state index contributed by atoms with van der Waals surface area (Å²) in [6, 6.07) is -1.86. The smallest absolute Gasteiger partial charge is 0.369 e. The minimum Gasteiger partial charge on any atom is -0.369 e. The number of fused-ring (bicyclic) bond motifs is 1. The maximum Gasteiger partial charge on any atom is 0.379 e. The van der Waals surface area contributed by atoms with E-state index in [9.17, 15) is 27.2 Å². The number of rotatable bonds is 2. The molecule has 0 aromatic carbocycles. The van der Waals surface area contributed by atoms with Crippen LogP contribution < -0.4 is 10.6 Å². The van der Waals surface area contributed by atoms with Gasteiger partial charge in [-0.1, -0.05) is 11.6 Å². The monoisotopic (exact) mass is 395 g/mol. The van der Waals surface area contributed by atoms with Crippen LogP contribution in [0.1, 0.15) is 29.8 Å². The van der Waals surface area contributed by atoms with E-state index in [1.54, 1.807) is 6.92 Å². The van der Waals surface area contributed by atoms with Gasteiger partial charge in [-0.15, -0.1) is 0 Å². The van der Waals surface area contributed by atoms with Crippen LogP contribution in [0, 0.1) is 18.3 Å². The van der Waals surface area contributed by atoms with E-state index < -0.39 is 18.4 Å². The lowest BCUT2D eigenvalue weighted by molar-refractivity contribution is -0.00161. The lowest BCUT2D eigenvalue weighted by Gasteiger charge is -2.22. The number of nitrogens with zero attached hydrogens (tertiary/aromatic N) is 3. The van der Waals surface area contributed by atoms with Gasteiger partial charge in [0.1, 0.15) is 22.8 Å². The summed E-state index contributed by atoms with van der Waals surface area (Å²) >= 11 is 6.16.